The van der Waals surface area contributed by atoms with Gasteiger partial charge in [-0.1, -0.05) is 28.1 Å². The largest absolute Gasteiger partial charge is 0.361 e. The predicted molar refractivity (Wildman–Crippen MR) is 117 cm³/mol. The minimum Gasteiger partial charge on any atom is -0.361 e. The zero-order valence-corrected chi connectivity index (χ0v) is 17.4. The molecule has 5 rings (SSSR count). The fourth-order valence-corrected chi connectivity index (χ4v) is 4.24. The minimum absolute atomic E-state index is 0.251. The van der Waals surface area contributed by atoms with Gasteiger partial charge in [-0.05, 0) is 24.3 Å². The van der Waals surface area contributed by atoms with Crippen molar-refractivity contribution in [2.45, 2.75) is 12.5 Å². The van der Waals surface area contributed by atoms with Crippen molar-refractivity contribution in [3.63, 3.8) is 0 Å². The minimum atomic E-state index is -0.470. The molecule has 0 bridgehead atoms. The van der Waals surface area contributed by atoms with Crippen molar-refractivity contribution in [2.75, 3.05) is 6.54 Å². The maximum atomic E-state index is 13.6. The number of imidazole rings is 2. The fraction of sp³-hybridized carbons (Fsp3) is 0.143. The van der Waals surface area contributed by atoms with E-state index < -0.39 is 6.04 Å². The Morgan fingerprint density at radius 1 is 1.33 bits per heavy atom. The van der Waals surface area contributed by atoms with Crippen LogP contribution in [0.5, 0.6) is 0 Å². The summed E-state index contributed by atoms with van der Waals surface area (Å²) in [7, 11) is 0. The van der Waals surface area contributed by atoms with Gasteiger partial charge in [-0.2, -0.15) is 0 Å². The molecular formula is C21H18BrN7O. The number of rotatable bonds is 3. The molecule has 0 radical (unpaired) electrons. The Morgan fingerprint density at radius 3 is 3.00 bits per heavy atom. The van der Waals surface area contributed by atoms with Gasteiger partial charge < -0.3 is 25.6 Å². The van der Waals surface area contributed by atoms with E-state index in [-0.39, 0.29) is 11.5 Å². The van der Waals surface area contributed by atoms with E-state index in [9.17, 15) is 4.79 Å². The molecule has 2 aliphatic rings. The van der Waals surface area contributed by atoms with Crippen LogP contribution < -0.4 is 5.32 Å². The zero-order valence-electron chi connectivity index (χ0n) is 15.8. The van der Waals surface area contributed by atoms with Crippen LogP contribution in [0.25, 0.3) is 11.0 Å². The number of aromatic amines is 2. The standard InChI is InChI=1S/C21H18BrN7O/c22-12-5-7-24-17(9-12)13(10-23)21(30)29-8-6-16-18(26-11-25-16)19(29)20-27-14-3-1-2-4-15(14)28-20/h1-5,7,9-11,19,23-24H,6,8H2,(H,25,26)(H,27,28)/b17-13+,23-10?/t19-/m0/s1. The van der Waals surface area contributed by atoms with E-state index in [1.54, 1.807) is 23.5 Å². The first-order valence-electron chi connectivity index (χ1n) is 9.48. The molecule has 1 amide bonds. The van der Waals surface area contributed by atoms with Crippen LogP contribution in [0.15, 0.2) is 64.7 Å². The van der Waals surface area contributed by atoms with E-state index in [4.69, 9.17) is 10.4 Å². The Labute approximate surface area is 180 Å². The normalized spacial score (nSPS) is 19.8. The highest BCUT2D eigenvalue weighted by Gasteiger charge is 2.37. The third kappa shape index (κ3) is 3.07. The molecule has 8 nitrogen and oxygen atoms in total. The van der Waals surface area contributed by atoms with Crippen LogP contribution in [0, 0.1) is 5.41 Å². The quantitative estimate of drug-likeness (QED) is 0.353. The van der Waals surface area contributed by atoms with Crippen molar-refractivity contribution < 1.29 is 4.79 Å². The van der Waals surface area contributed by atoms with Gasteiger partial charge in [0.2, 0.25) is 0 Å². The molecule has 4 heterocycles. The summed E-state index contributed by atoms with van der Waals surface area (Å²) in [5.74, 6) is 0.401. The molecule has 0 saturated carbocycles. The van der Waals surface area contributed by atoms with E-state index >= 15 is 0 Å². The molecule has 9 heteroatoms. The molecule has 0 saturated heterocycles. The van der Waals surface area contributed by atoms with Crippen molar-refractivity contribution >= 4 is 39.1 Å². The van der Waals surface area contributed by atoms with Crippen LogP contribution in [0.3, 0.4) is 0 Å². The molecule has 1 atom stereocenters. The third-order valence-electron chi connectivity index (χ3n) is 5.28. The molecule has 0 unspecified atom stereocenters. The van der Waals surface area contributed by atoms with Crippen molar-refractivity contribution in [3.8, 4) is 0 Å². The van der Waals surface area contributed by atoms with Crippen LogP contribution in [0.4, 0.5) is 0 Å². The molecule has 2 aromatic heterocycles. The van der Waals surface area contributed by atoms with Gasteiger partial charge in [-0.3, -0.25) is 4.79 Å². The SMILES string of the molecule is N=C/C(C(=O)N1CCc2[nH]cnc2[C@H]1c1nc2ccccc2[nH]1)=C1/C=C(Br)C=CN1. The summed E-state index contributed by atoms with van der Waals surface area (Å²) in [5.41, 5.74) is 4.35. The maximum Gasteiger partial charge on any atom is 0.258 e. The number of nitrogens with one attached hydrogen (secondary N) is 4. The van der Waals surface area contributed by atoms with Gasteiger partial charge in [-0.25, -0.2) is 9.97 Å². The summed E-state index contributed by atoms with van der Waals surface area (Å²) in [6.07, 6.45) is 8.76. The Morgan fingerprint density at radius 2 is 2.20 bits per heavy atom. The first-order valence-corrected chi connectivity index (χ1v) is 10.3. The Kier molecular flexibility index (Phi) is 4.59. The monoisotopic (exact) mass is 463 g/mol. The summed E-state index contributed by atoms with van der Waals surface area (Å²) in [4.78, 5) is 31.1. The number of amides is 1. The second-order valence-electron chi connectivity index (χ2n) is 7.04. The second kappa shape index (κ2) is 7.42. The summed E-state index contributed by atoms with van der Waals surface area (Å²) >= 11 is 3.43. The number of benzene rings is 1. The van der Waals surface area contributed by atoms with Crippen molar-refractivity contribution in [1.29, 1.82) is 5.41 Å². The highest BCUT2D eigenvalue weighted by Crippen LogP contribution is 2.34. The predicted octanol–water partition coefficient (Wildman–Crippen LogP) is 3.06. The molecule has 0 fully saturated rings. The number of nitrogens with zero attached hydrogens (tertiary/aromatic N) is 3. The summed E-state index contributed by atoms with van der Waals surface area (Å²) < 4.78 is 0.825. The van der Waals surface area contributed by atoms with Crippen LogP contribution in [-0.2, 0) is 11.2 Å². The number of hydrogen-bond acceptors (Lipinski definition) is 5. The fourth-order valence-electron chi connectivity index (χ4n) is 3.88. The van der Waals surface area contributed by atoms with Gasteiger partial charge in [-0.15, -0.1) is 0 Å². The van der Waals surface area contributed by atoms with Crippen molar-refractivity contribution in [3.05, 3.63) is 81.9 Å². The van der Waals surface area contributed by atoms with Crippen LogP contribution >= 0.6 is 15.9 Å². The first kappa shape index (κ1) is 18.6. The third-order valence-corrected chi connectivity index (χ3v) is 5.77. The Bertz CT molecular complexity index is 1220. The van der Waals surface area contributed by atoms with E-state index in [0.29, 0.717) is 24.5 Å². The van der Waals surface area contributed by atoms with E-state index in [1.165, 1.54) is 0 Å². The lowest BCUT2D eigenvalue weighted by atomic mass is 10.00. The van der Waals surface area contributed by atoms with Gasteiger partial charge >= 0.3 is 0 Å². The van der Waals surface area contributed by atoms with Crippen LogP contribution in [0.2, 0.25) is 0 Å². The van der Waals surface area contributed by atoms with Gasteiger partial charge in [0, 0.05) is 35.6 Å². The molecule has 30 heavy (non-hydrogen) atoms. The Balaban J connectivity index is 1.61. The first-order chi connectivity index (χ1) is 14.7. The molecule has 3 aromatic rings. The lowest BCUT2D eigenvalue weighted by Gasteiger charge is -2.34. The summed E-state index contributed by atoms with van der Waals surface area (Å²) in [5, 5.41) is 11.0. The van der Waals surface area contributed by atoms with Crippen molar-refractivity contribution in [2.24, 2.45) is 0 Å². The molecule has 0 aliphatic carbocycles. The number of hydrogen-bond donors (Lipinski definition) is 4. The highest BCUT2D eigenvalue weighted by atomic mass is 79.9. The zero-order chi connectivity index (χ0) is 20.7. The van der Waals surface area contributed by atoms with E-state index in [1.807, 2.05) is 30.3 Å². The number of carbonyl (C=O) groups excluding carboxylic acids is 1. The highest BCUT2D eigenvalue weighted by molar-refractivity contribution is 9.11. The summed E-state index contributed by atoms with van der Waals surface area (Å²) in [6, 6.07) is 7.29. The smallest absolute Gasteiger partial charge is 0.258 e. The van der Waals surface area contributed by atoms with Crippen molar-refractivity contribution in [1.82, 2.24) is 30.2 Å². The number of fused-ring (bicyclic) bond motifs is 2. The van der Waals surface area contributed by atoms with Gasteiger partial charge in [0.05, 0.1) is 34.3 Å². The van der Waals surface area contributed by atoms with Crippen LogP contribution in [-0.4, -0.2) is 43.5 Å². The molecule has 150 valence electrons. The average Bonchev–Trinajstić information content (AvgIpc) is 3.40. The van der Waals surface area contributed by atoms with Gasteiger partial charge in [0.15, 0.2) is 0 Å². The lowest BCUT2D eigenvalue weighted by molar-refractivity contribution is -0.128. The molecule has 1 aromatic carbocycles. The van der Waals surface area contributed by atoms with E-state index in [2.05, 4.69) is 36.2 Å². The molecule has 4 N–H and O–H groups in total. The second-order valence-corrected chi connectivity index (χ2v) is 7.95. The number of dihydropyridines is 1. The number of halogens is 1. The number of allylic oxidation sites excluding steroid dienone is 3. The van der Waals surface area contributed by atoms with Crippen LogP contribution in [0.1, 0.15) is 23.3 Å². The molecule has 0 spiro atoms. The average molecular weight is 464 g/mol. The number of carbonyl (C=O) groups is 1. The maximum absolute atomic E-state index is 13.6. The number of H-pyrrole nitrogens is 2. The lowest BCUT2D eigenvalue weighted by Crippen LogP contribution is -2.42. The van der Waals surface area contributed by atoms with E-state index in [0.717, 1.165) is 33.1 Å². The molecular weight excluding hydrogens is 446 g/mol. The number of aromatic nitrogens is 4. The Hall–Kier alpha value is -3.46. The molecule has 2 aliphatic heterocycles. The number of para-hydroxylation sites is 2. The topological polar surface area (TPSA) is 114 Å². The summed E-state index contributed by atoms with van der Waals surface area (Å²) in [6.45, 7) is 0.487. The van der Waals surface area contributed by atoms with Gasteiger partial charge in [0.1, 0.15) is 11.9 Å². The van der Waals surface area contributed by atoms with Gasteiger partial charge in [0.25, 0.3) is 5.91 Å².